The van der Waals surface area contributed by atoms with Gasteiger partial charge in [0.05, 0.1) is 13.2 Å². The van der Waals surface area contributed by atoms with Crippen molar-refractivity contribution < 1.29 is 9.53 Å². The molecule has 0 aromatic heterocycles. The molecular formula is C24H25NO2. The van der Waals surface area contributed by atoms with E-state index >= 15 is 0 Å². The molecule has 0 aliphatic heterocycles. The van der Waals surface area contributed by atoms with Crippen molar-refractivity contribution in [2.45, 2.75) is 25.8 Å². The van der Waals surface area contributed by atoms with Crippen LogP contribution in [0.15, 0.2) is 72.8 Å². The third-order valence-corrected chi connectivity index (χ3v) is 4.60. The van der Waals surface area contributed by atoms with Gasteiger partial charge in [0.1, 0.15) is 5.75 Å². The number of benzene rings is 3. The Morgan fingerprint density at radius 1 is 1.04 bits per heavy atom. The summed E-state index contributed by atoms with van der Waals surface area (Å²) in [6.07, 6.45) is 5.31. The molecule has 1 amide bonds. The summed E-state index contributed by atoms with van der Waals surface area (Å²) < 4.78 is 5.27. The molecule has 0 bridgehead atoms. The van der Waals surface area contributed by atoms with Crippen LogP contribution in [0.25, 0.3) is 16.8 Å². The molecule has 0 aliphatic rings. The minimum absolute atomic E-state index is 0.0258. The van der Waals surface area contributed by atoms with Crippen LogP contribution in [-0.2, 0) is 4.79 Å². The van der Waals surface area contributed by atoms with E-state index in [2.05, 4.69) is 23.5 Å². The number of carbonyl (C=O) groups excluding carboxylic acids is 1. The van der Waals surface area contributed by atoms with Crippen molar-refractivity contribution >= 4 is 22.8 Å². The van der Waals surface area contributed by atoms with Gasteiger partial charge in [0, 0.05) is 6.42 Å². The van der Waals surface area contributed by atoms with Crippen molar-refractivity contribution in [3.63, 3.8) is 0 Å². The number of methoxy groups -OCH3 is 1. The predicted octanol–water partition coefficient (Wildman–Crippen LogP) is 5.52. The molecule has 3 rings (SSSR count). The first-order valence-corrected chi connectivity index (χ1v) is 9.24. The first-order chi connectivity index (χ1) is 13.2. The third kappa shape index (κ3) is 5.20. The van der Waals surface area contributed by atoms with Crippen LogP contribution in [-0.4, -0.2) is 13.0 Å². The molecule has 0 heterocycles. The second-order valence-corrected chi connectivity index (χ2v) is 6.61. The van der Waals surface area contributed by atoms with Crippen LogP contribution in [0.1, 0.15) is 36.9 Å². The summed E-state index contributed by atoms with van der Waals surface area (Å²) in [5.74, 6) is 0.912. The maximum Gasteiger partial charge on any atom is 0.220 e. The summed E-state index contributed by atoms with van der Waals surface area (Å²) in [6.45, 7) is 2.02. The van der Waals surface area contributed by atoms with Crippen molar-refractivity contribution in [2.75, 3.05) is 7.11 Å². The van der Waals surface area contributed by atoms with E-state index in [1.807, 2.05) is 67.6 Å². The lowest BCUT2D eigenvalue weighted by atomic mass is 10.0. The number of hydrogen-bond acceptors (Lipinski definition) is 2. The number of carbonyl (C=O) groups is 1. The van der Waals surface area contributed by atoms with Crippen molar-refractivity contribution in [1.29, 1.82) is 0 Å². The molecule has 27 heavy (non-hydrogen) atoms. The van der Waals surface area contributed by atoms with E-state index in [1.54, 1.807) is 7.11 Å². The topological polar surface area (TPSA) is 38.3 Å². The van der Waals surface area contributed by atoms with Crippen LogP contribution >= 0.6 is 0 Å². The first-order valence-electron chi connectivity index (χ1n) is 9.24. The smallest absolute Gasteiger partial charge is 0.220 e. The zero-order chi connectivity index (χ0) is 19.1. The number of allylic oxidation sites excluding steroid dienone is 1. The zero-order valence-corrected chi connectivity index (χ0v) is 15.8. The van der Waals surface area contributed by atoms with Gasteiger partial charge in [-0.05, 0) is 53.4 Å². The lowest BCUT2D eigenvalue weighted by Crippen LogP contribution is -2.26. The average molecular weight is 359 g/mol. The first kappa shape index (κ1) is 18.7. The highest BCUT2D eigenvalue weighted by Crippen LogP contribution is 2.24. The van der Waals surface area contributed by atoms with Gasteiger partial charge in [-0.2, -0.15) is 0 Å². The number of hydrogen-bond donors (Lipinski definition) is 1. The van der Waals surface area contributed by atoms with E-state index in [-0.39, 0.29) is 11.9 Å². The number of ether oxygens (including phenoxy) is 1. The molecule has 3 aromatic rings. The van der Waals surface area contributed by atoms with Crippen LogP contribution in [0.5, 0.6) is 5.75 Å². The monoisotopic (exact) mass is 359 g/mol. The molecule has 0 radical (unpaired) electrons. The lowest BCUT2D eigenvalue weighted by Gasteiger charge is -2.15. The maximum absolute atomic E-state index is 12.2. The van der Waals surface area contributed by atoms with Gasteiger partial charge in [0.2, 0.25) is 5.91 Å². The molecule has 0 fully saturated rings. The van der Waals surface area contributed by atoms with Gasteiger partial charge < -0.3 is 10.1 Å². The minimum Gasteiger partial charge on any atom is -0.497 e. The van der Waals surface area contributed by atoms with Crippen LogP contribution in [0, 0.1) is 0 Å². The maximum atomic E-state index is 12.2. The Labute approximate surface area is 160 Å². The highest BCUT2D eigenvalue weighted by atomic mass is 16.5. The highest BCUT2D eigenvalue weighted by Gasteiger charge is 2.10. The molecule has 0 saturated carbocycles. The van der Waals surface area contributed by atoms with Gasteiger partial charge in [-0.15, -0.1) is 0 Å². The summed E-state index contributed by atoms with van der Waals surface area (Å²) in [6, 6.07) is 22.3. The quantitative estimate of drug-likeness (QED) is 0.603. The molecule has 3 heteroatoms. The van der Waals surface area contributed by atoms with E-state index in [9.17, 15) is 4.79 Å². The van der Waals surface area contributed by atoms with Gasteiger partial charge in [-0.3, -0.25) is 4.79 Å². The molecule has 0 saturated heterocycles. The SMILES string of the molecule is COc1ccc2cc([C@H](C)NC(=O)CC/C=C/c3ccccc3)ccc2c1. The second-order valence-electron chi connectivity index (χ2n) is 6.61. The van der Waals surface area contributed by atoms with E-state index in [0.717, 1.165) is 34.1 Å². The van der Waals surface area contributed by atoms with Crippen molar-refractivity contribution in [3.8, 4) is 5.75 Å². The summed E-state index contributed by atoms with van der Waals surface area (Å²) in [5.41, 5.74) is 2.25. The Morgan fingerprint density at radius 2 is 1.78 bits per heavy atom. The van der Waals surface area contributed by atoms with E-state index < -0.39 is 0 Å². The molecule has 0 spiro atoms. The van der Waals surface area contributed by atoms with E-state index in [1.165, 1.54) is 0 Å². The fourth-order valence-electron chi connectivity index (χ4n) is 3.03. The third-order valence-electron chi connectivity index (χ3n) is 4.60. The Balaban J connectivity index is 1.54. The molecule has 1 N–H and O–H groups in total. The summed E-state index contributed by atoms with van der Waals surface area (Å²) in [7, 11) is 1.67. The Bertz CT molecular complexity index is 932. The fourth-order valence-corrected chi connectivity index (χ4v) is 3.03. The number of fused-ring (bicyclic) bond motifs is 1. The second kappa shape index (κ2) is 9.04. The highest BCUT2D eigenvalue weighted by molar-refractivity contribution is 5.85. The predicted molar refractivity (Wildman–Crippen MR) is 112 cm³/mol. The minimum atomic E-state index is -0.0258. The van der Waals surface area contributed by atoms with Gasteiger partial charge in [-0.25, -0.2) is 0 Å². The van der Waals surface area contributed by atoms with Crippen molar-refractivity contribution in [3.05, 3.63) is 83.9 Å². The lowest BCUT2D eigenvalue weighted by molar-refractivity contribution is -0.121. The van der Waals surface area contributed by atoms with Crippen molar-refractivity contribution in [1.82, 2.24) is 5.32 Å². The largest absolute Gasteiger partial charge is 0.497 e. The molecule has 0 unspecified atom stereocenters. The average Bonchev–Trinajstić information content (AvgIpc) is 2.71. The summed E-state index contributed by atoms with van der Waals surface area (Å²) in [5, 5.41) is 5.35. The molecule has 138 valence electrons. The molecule has 1 atom stereocenters. The standard InChI is InChI=1S/C24H25NO2/c1-18(20-12-13-22-17-23(27-2)15-14-21(22)16-20)25-24(26)11-7-6-10-19-8-4-3-5-9-19/h3-6,8-10,12-18H,7,11H2,1-2H3,(H,25,26)/b10-6+/t18-/m0/s1. The van der Waals surface area contributed by atoms with Gasteiger partial charge in [-0.1, -0.05) is 60.7 Å². The van der Waals surface area contributed by atoms with Crippen LogP contribution in [0.2, 0.25) is 0 Å². The Hall–Kier alpha value is -3.07. The summed E-state index contributed by atoms with van der Waals surface area (Å²) in [4.78, 5) is 12.2. The van der Waals surface area contributed by atoms with Crippen LogP contribution in [0.3, 0.4) is 0 Å². The number of rotatable bonds is 7. The van der Waals surface area contributed by atoms with Crippen LogP contribution in [0.4, 0.5) is 0 Å². The van der Waals surface area contributed by atoms with Gasteiger partial charge in [0.15, 0.2) is 0 Å². The number of amides is 1. The van der Waals surface area contributed by atoms with Gasteiger partial charge in [0.25, 0.3) is 0 Å². The molecule has 3 aromatic carbocycles. The fraction of sp³-hybridized carbons (Fsp3) is 0.208. The molecular weight excluding hydrogens is 334 g/mol. The molecule has 3 nitrogen and oxygen atoms in total. The zero-order valence-electron chi connectivity index (χ0n) is 15.8. The van der Waals surface area contributed by atoms with Gasteiger partial charge >= 0.3 is 0 Å². The van der Waals surface area contributed by atoms with E-state index in [4.69, 9.17) is 4.74 Å². The normalized spacial score (nSPS) is 12.2. The van der Waals surface area contributed by atoms with E-state index in [0.29, 0.717) is 6.42 Å². The Kier molecular flexibility index (Phi) is 6.26. The Morgan fingerprint density at radius 3 is 2.56 bits per heavy atom. The van der Waals surface area contributed by atoms with Crippen LogP contribution < -0.4 is 10.1 Å². The van der Waals surface area contributed by atoms with Crippen molar-refractivity contribution in [2.24, 2.45) is 0 Å². The molecule has 0 aliphatic carbocycles. The number of nitrogens with one attached hydrogen (secondary N) is 1. The summed E-state index contributed by atoms with van der Waals surface area (Å²) >= 11 is 0.